The zero-order chi connectivity index (χ0) is 27.1. The Morgan fingerprint density at radius 2 is 1.68 bits per heavy atom. The lowest BCUT2D eigenvalue weighted by molar-refractivity contribution is -0.117. The molecule has 2 aromatic rings. The maximum atomic E-state index is 12.4. The number of thioether (sulfide) groups is 1. The third-order valence-electron chi connectivity index (χ3n) is 7.97. The average Bonchev–Trinajstić information content (AvgIpc) is 2.96. The predicted octanol–water partition coefficient (Wildman–Crippen LogP) is 3.63. The van der Waals surface area contributed by atoms with Crippen molar-refractivity contribution >= 4 is 23.5 Å². The molecule has 0 spiro atoms. The van der Waals surface area contributed by atoms with Crippen molar-refractivity contribution < 1.29 is 9.90 Å². The molecule has 2 aliphatic rings. The second-order valence-electron chi connectivity index (χ2n) is 10.1. The van der Waals surface area contributed by atoms with Gasteiger partial charge in [0.25, 0.3) is 0 Å². The number of aromatic nitrogens is 1. The summed E-state index contributed by atoms with van der Waals surface area (Å²) in [6, 6.07) is 13.9. The van der Waals surface area contributed by atoms with Crippen LogP contribution in [0.3, 0.4) is 0 Å². The highest BCUT2D eigenvalue weighted by Crippen LogP contribution is 2.41. The van der Waals surface area contributed by atoms with Gasteiger partial charge in [0.05, 0.1) is 17.7 Å². The molecule has 1 atom stereocenters. The van der Waals surface area contributed by atoms with Gasteiger partial charge in [0.2, 0.25) is 5.91 Å². The number of nitrogens with two attached hydrogens (primary N) is 1. The molecule has 3 heterocycles. The third-order valence-corrected chi connectivity index (χ3v) is 9.23. The number of carbonyl (C=O) groups is 1. The van der Waals surface area contributed by atoms with Crippen LogP contribution in [0.5, 0.6) is 0 Å². The molecule has 4 rings (SSSR count). The summed E-state index contributed by atoms with van der Waals surface area (Å²) in [6.45, 7) is 6.61. The summed E-state index contributed by atoms with van der Waals surface area (Å²) < 4.78 is 0. The van der Waals surface area contributed by atoms with E-state index >= 15 is 0 Å². The summed E-state index contributed by atoms with van der Waals surface area (Å²) in [6.07, 6.45) is 4.92. The van der Waals surface area contributed by atoms with Gasteiger partial charge >= 0.3 is 0 Å². The first kappa shape index (κ1) is 27.9. The minimum atomic E-state index is -0.691. The maximum absolute atomic E-state index is 12.4. The van der Waals surface area contributed by atoms with E-state index in [1.54, 1.807) is 0 Å². The van der Waals surface area contributed by atoms with E-state index in [2.05, 4.69) is 21.9 Å². The van der Waals surface area contributed by atoms with Gasteiger partial charge in [-0.2, -0.15) is 10.5 Å². The van der Waals surface area contributed by atoms with Crippen LogP contribution in [0.25, 0.3) is 0 Å². The smallest absolute Gasteiger partial charge is 0.235 e. The summed E-state index contributed by atoms with van der Waals surface area (Å²) in [5.41, 5.74) is 8.02. The fourth-order valence-electron chi connectivity index (χ4n) is 5.90. The Hall–Kier alpha value is -3.11. The average molecular weight is 533 g/mol. The van der Waals surface area contributed by atoms with Crippen molar-refractivity contribution in [2.24, 2.45) is 17.6 Å². The number of benzene rings is 1. The summed E-state index contributed by atoms with van der Waals surface area (Å²) in [7, 11) is 0. The van der Waals surface area contributed by atoms with Gasteiger partial charge in [-0.15, -0.1) is 0 Å². The van der Waals surface area contributed by atoms with Crippen LogP contribution in [0, 0.1) is 34.5 Å². The van der Waals surface area contributed by atoms with Gasteiger partial charge in [-0.3, -0.25) is 4.79 Å². The van der Waals surface area contributed by atoms with Crippen molar-refractivity contribution in [3.8, 4) is 12.1 Å². The predicted molar refractivity (Wildman–Crippen MR) is 148 cm³/mol. The Morgan fingerprint density at radius 3 is 2.21 bits per heavy atom. The summed E-state index contributed by atoms with van der Waals surface area (Å²) in [5, 5.41) is 29.1. The summed E-state index contributed by atoms with van der Waals surface area (Å²) in [5.74, 6) is 1.44. The van der Waals surface area contributed by atoms with Crippen LogP contribution in [0.2, 0.25) is 0 Å². The van der Waals surface area contributed by atoms with E-state index in [9.17, 15) is 20.4 Å². The van der Waals surface area contributed by atoms with E-state index in [1.807, 2.05) is 37.3 Å². The van der Waals surface area contributed by atoms with Crippen molar-refractivity contribution in [2.45, 2.75) is 49.3 Å². The van der Waals surface area contributed by atoms with Gasteiger partial charge in [-0.05, 0) is 68.2 Å². The summed E-state index contributed by atoms with van der Waals surface area (Å²) in [4.78, 5) is 21.8. The number of hydrogen-bond acceptors (Lipinski definition) is 8. The highest BCUT2D eigenvalue weighted by atomic mass is 32.2. The third kappa shape index (κ3) is 6.13. The number of β-amino-alcohol motifs (C(OH)–C–C–N with tert-alkyl or cyclic N) is 1. The van der Waals surface area contributed by atoms with Crippen LogP contribution < -0.4 is 10.6 Å². The molecule has 2 fully saturated rings. The minimum absolute atomic E-state index is 0.216. The number of likely N-dealkylation sites (tertiary alicyclic amines) is 1. The highest BCUT2D eigenvalue weighted by Gasteiger charge is 2.32. The molecule has 1 amide bonds. The molecule has 8 nitrogen and oxygen atoms in total. The second kappa shape index (κ2) is 13.1. The van der Waals surface area contributed by atoms with Crippen molar-refractivity contribution in [3.63, 3.8) is 0 Å². The molecule has 2 saturated heterocycles. The number of carbonyl (C=O) groups excluding carboxylic acids is 1. The molecule has 3 N–H and O–H groups in total. The monoisotopic (exact) mass is 532 g/mol. The first-order valence-corrected chi connectivity index (χ1v) is 14.3. The van der Waals surface area contributed by atoms with Crippen molar-refractivity contribution in [3.05, 3.63) is 52.6 Å². The minimum Gasteiger partial charge on any atom is -0.395 e. The zero-order valence-corrected chi connectivity index (χ0v) is 22.8. The SMILES string of the molecule is CCc1c(C#N)c(SC(C(N)=O)c2ccccc2)nc(N2CCC(C3CCN(CCO)CC3)CC2)c1C#N. The first-order valence-electron chi connectivity index (χ1n) is 13.5. The molecule has 9 heteroatoms. The van der Waals surface area contributed by atoms with Gasteiger partial charge in [0, 0.05) is 19.6 Å². The standard InChI is InChI=1S/C29H36N6O2S/c1-2-23-24(18-30)28(35-14-10-21(11-15-35)20-8-12-34(13-9-20)16-17-36)33-29(25(23)19-31)38-26(27(32)37)22-6-4-3-5-7-22/h3-7,20-21,26,36H,2,8-17H2,1H3,(H2,32,37). The number of aliphatic hydroxyl groups excluding tert-OH is 1. The van der Waals surface area contributed by atoms with Gasteiger partial charge in [0.1, 0.15) is 28.2 Å². The first-order chi connectivity index (χ1) is 18.5. The number of anilines is 1. The topological polar surface area (TPSA) is 130 Å². The normalized spacial score (nSPS) is 18.1. The molecule has 1 unspecified atom stereocenters. The quantitative estimate of drug-likeness (QED) is 0.468. The van der Waals surface area contributed by atoms with Gasteiger partial charge in [-0.1, -0.05) is 49.0 Å². The Balaban J connectivity index is 1.58. The van der Waals surface area contributed by atoms with E-state index in [1.165, 1.54) is 11.8 Å². The van der Waals surface area contributed by atoms with E-state index < -0.39 is 11.2 Å². The number of nitriles is 2. The number of primary amides is 1. The molecule has 2 aliphatic heterocycles. The maximum Gasteiger partial charge on any atom is 0.235 e. The lowest BCUT2D eigenvalue weighted by atomic mass is 9.78. The lowest BCUT2D eigenvalue weighted by Gasteiger charge is -2.40. The van der Waals surface area contributed by atoms with Crippen molar-refractivity contribution in [2.75, 3.05) is 44.2 Å². The van der Waals surface area contributed by atoms with E-state index in [0.29, 0.717) is 45.8 Å². The molecular weight excluding hydrogens is 496 g/mol. The van der Waals surface area contributed by atoms with Gasteiger partial charge in [0.15, 0.2) is 0 Å². The van der Waals surface area contributed by atoms with Gasteiger partial charge < -0.3 is 20.6 Å². The fraction of sp³-hybridized carbons (Fsp3) is 0.517. The zero-order valence-electron chi connectivity index (χ0n) is 22.0. The van der Waals surface area contributed by atoms with Crippen LogP contribution >= 0.6 is 11.8 Å². The Bertz CT molecular complexity index is 1190. The van der Waals surface area contributed by atoms with E-state index in [0.717, 1.165) is 64.0 Å². The van der Waals surface area contributed by atoms with Crippen LogP contribution in [-0.4, -0.2) is 60.2 Å². The number of pyridine rings is 1. The molecule has 200 valence electrons. The fourth-order valence-corrected chi connectivity index (χ4v) is 6.96. The van der Waals surface area contributed by atoms with Crippen LogP contribution in [0.15, 0.2) is 35.4 Å². The number of hydrogen-bond donors (Lipinski definition) is 2. The molecule has 0 aliphatic carbocycles. The molecular formula is C29H36N6O2S. The molecule has 0 bridgehead atoms. The number of rotatable bonds is 9. The Kier molecular flexibility index (Phi) is 9.63. The van der Waals surface area contributed by atoms with Crippen LogP contribution in [0.4, 0.5) is 5.82 Å². The number of piperidine rings is 2. The van der Waals surface area contributed by atoms with Crippen molar-refractivity contribution in [1.82, 2.24) is 9.88 Å². The number of aliphatic hydroxyl groups is 1. The highest BCUT2D eigenvalue weighted by molar-refractivity contribution is 8.00. The van der Waals surface area contributed by atoms with Crippen LogP contribution in [0.1, 0.15) is 60.1 Å². The number of nitrogens with zero attached hydrogens (tertiary/aromatic N) is 5. The molecule has 38 heavy (non-hydrogen) atoms. The Labute approximate surface area is 229 Å². The molecule has 1 aromatic carbocycles. The van der Waals surface area contributed by atoms with E-state index in [-0.39, 0.29) is 6.61 Å². The second-order valence-corrected chi connectivity index (χ2v) is 11.2. The van der Waals surface area contributed by atoms with Gasteiger partial charge in [-0.25, -0.2) is 4.98 Å². The largest absolute Gasteiger partial charge is 0.395 e. The summed E-state index contributed by atoms with van der Waals surface area (Å²) >= 11 is 1.19. The van der Waals surface area contributed by atoms with Crippen molar-refractivity contribution in [1.29, 1.82) is 10.5 Å². The Morgan fingerprint density at radius 1 is 1.08 bits per heavy atom. The molecule has 0 saturated carbocycles. The number of amides is 1. The van der Waals surface area contributed by atoms with Crippen LogP contribution in [-0.2, 0) is 11.2 Å². The molecule has 1 aromatic heterocycles. The van der Waals surface area contributed by atoms with E-state index in [4.69, 9.17) is 10.7 Å². The molecule has 0 radical (unpaired) electrons. The lowest BCUT2D eigenvalue weighted by Crippen LogP contribution is -2.42.